The van der Waals surface area contributed by atoms with E-state index in [9.17, 15) is 4.79 Å². The lowest BCUT2D eigenvalue weighted by atomic mass is 10.2. The van der Waals surface area contributed by atoms with Crippen LogP contribution in [0.1, 0.15) is 35.7 Å². The molecule has 6 nitrogen and oxygen atoms in total. The summed E-state index contributed by atoms with van der Waals surface area (Å²) in [5.41, 5.74) is 7.29. The minimum Gasteiger partial charge on any atom is -0.461 e. The Bertz CT molecular complexity index is 593. The minimum atomic E-state index is -0.479. The number of imidazole rings is 1. The van der Waals surface area contributed by atoms with Crippen LogP contribution < -0.4 is 5.73 Å². The fourth-order valence-corrected chi connectivity index (χ4v) is 1.98. The third kappa shape index (κ3) is 2.79. The van der Waals surface area contributed by atoms with Crippen molar-refractivity contribution in [1.29, 1.82) is 0 Å². The molecule has 0 bridgehead atoms. The van der Waals surface area contributed by atoms with E-state index in [1.54, 1.807) is 19.3 Å². The van der Waals surface area contributed by atoms with Gasteiger partial charge in [-0.05, 0) is 24.6 Å². The smallest absolute Gasteiger partial charge is 0.360 e. The van der Waals surface area contributed by atoms with Gasteiger partial charge in [0.15, 0.2) is 5.69 Å². The lowest BCUT2D eigenvalue weighted by Crippen LogP contribution is -2.11. The molecule has 2 aromatic heterocycles. The molecule has 0 aromatic carbocycles. The molecule has 0 saturated carbocycles. The molecule has 0 radical (unpaired) electrons. The van der Waals surface area contributed by atoms with E-state index < -0.39 is 5.97 Å². The maximum atomic E-state index is 11.8. The van der Waals surface area contributed by atoms with Crippen molar-refractivity contribution in [3.63, 3.8) is 0 Å². The van der Waals surface area contributed by atoms with Gasteiger partial charge in [0.05, 0.1) is 13.2 Å². The van der Waals surface area contributed by atoms with E-state index in [1.807, 2.05) is 23.6 Å². The summed E-state index contributed by atoms with van der Waals surface area (Å²) < 4.78 is 6.80. The van der Waals surface area contributed by atoms with E-state index in [2.05, 4.69) is 9.97 Å². The van der Waals surface area contributed by atoms with Crippen LogP contribution in [0.15, 0.2) is 24.5 Å². The van der Waals surface area contributed by atoms with Crippen LogP contribution in [0.4, 0.5) is 5.82 Å². The molecule has 2 N–H and O–H groups in total. The van der Waals surface area contributed by atoms with E-state index >= 15 is 0 Å². The number of carbonyl (C=O) groups is 1. The average molecular weight is 274 g/mol. The Morgan fingerprint density at radius 2 is 2.05 bits per heavy atom. The van der Waals surface area contributed by atoms with Crippen LogP contribution >= 0.6 is 0 Å². The van der Waals surface area contributed by atoms with E-state index in [1.165, 1.54) is 0 Å². The predicted octanol–water partition coefficient (Wildman–Crippen LogP) is 1.65. The van der Waals surface area contributed by atoms with Gasteiger partial charge in [0, 0.05) is 18.8 Å². The first-order valence-electron chi connectivity index (χ1n) is 6.58. The molecule has 0 aliphatic heterocycles. The largest absolute Gasteiger partial charge is 0.461 e. The monoisotopic (exact) mass is 274 g/mol. The molecule has 2 heterocycles. The second-order valence-corrected chi connectivity index (χ2v) is 4.28. The quantitative estimate of drug-likeness (QED) is 0.838. The number of carbonyl (C=O) groups excluding carboxylic acids is 1. The zero-order valence-corrected chi connectivity index (χ0v) is 11.7. The first-order valence-corrected chi connectivity index (χ1v) is 6.58. The number of esters is 1. The van der Waals surface area contributed by atoms with Crippen molar-refractivity contribution in [2.45, 2.75) is 26.8 Å². The molecule has 0 atom stereocenters. The van der Waals surface area contributed by atoms with Crippen LogP contribution in [0.25, 0.3) is 0 Å². The van der Waals surface area contributed by atoms with E-state index in [4.69, 9.17) is 10.5 Å². The minimum absolute atomic E-state index is 0.192. The summed E-state index contributed by atoms with van der Waals surface area (Å²) in [5, 5.41) is 0. The Morgan fingerprint density at radius 3 is 2.65 bits per heavy atom. The third-order valence-electron chi connectivity index (χ3n) is 2.96. The zero-order chi connectivity index (χ0) is 14.5. The standard InChI is InChI=1S/C14H18N4O2/c1-3-11-17-12(14(19)20-4-2)13(15)18(11)9-10-5-7-16-8-6-10/h5-8H,3-4,9,15H2,1-2H3. The van der Waals surface area contributed by atoms with Crippen LogP contribution in [-0.4, -0.2) is 27.1 Å². The Hall–Kier alpha value is -2.37. The van der Waals surface area contributed by atoms with Gasteiger partial charge >= 0.3 is 5.97 Å². The van der Waals surface area contributed by atoms with Crippen LogP contribution in [-0.2, 0) is 17.7 Å². The first kappa shape index (κ1) is 14.0. The number of nitrogens with zero attached hydrogens (tertiary/aromatic N) is 3. The lowest BCUT2D eigenvalue weighted by Gasteiger charge is -2.08. The van der Waals surface area contributed by atoms with Gasteiger partial charge in [0.25, 0.3) is 0 Å². The molecule has 0 unspecified atom stereocenters. The number of nitrogens with two attached hydrogens (primary N) is 1. The summed E-state index contributed by atoms with van der Waals surface area (Å²) in [4.78, 5) is 20.1. The van der Waals surface area contributed by atoms with Gasteiger partial charge in [0.2, 0.25) is 0 Å². The molecule has 0 fully saturated rings. The Labute approximate surface area is 117 Å². The Kier molecular flexibility index (Phi) is 4.34. The van der Waals surface area contributed by atoms with E-state index in [0.29, 0.717) is 25.4 Å². The summed E-state index contributed by atoms with van der Waals surface area (Å²) in [7, 11) is 0. The van der Waals surface area contributed by atoms with E-state index in [-0.39, 0.29) is 5.69 Å². The normalized spacial score (nSPS) is 10.5. The maximum absolute atomic E-state index is 11.8. The van der Waals surface area contributed by atoms with Crippen molar-refractivity contribution in [2.75, 3.05) is 12.3 Å². The third-order valence-corrected chi connectivity index (χ3v) is 2.96. The summed E-state index contributed by atoms with van der Waals surface area (Å²) in [6, 6.07) is 3.81. The summed E-state index contributed by atoms with van der Waals surface area (Å²) >= 11 is 0. The fraction of sp³-hybridized carbons (Fsp3) is 0.357. The molecule has 2 rings (SSSR count). The molecular formula is C14H18N4O2. The number of pyridine rings is 1. The second-order valence-electron chi connectivity index (χ2n) is 4.28. The SMILES string of the molecule is CCOC(=O)c1nc(CC)n(Cc2ccncc2)c1N. The van der Waals surface area contributed by atoms with Crippen LogP contribution in [0.3, 0.4) is 0 Å². The summed E-state index contributed by atoms with van der Waals surface area (Å²) in [5.74, 6) is 0.632. The van der Waals surface area contributed by atoms with Gasteiger partial charge in [-0.2, -0.15) is 0 Å². The van der Waals surface area contributed by atoms with Gasteiger partial charge in [-0.25, -0.2) is 9.78 Å². The number of rotatable bonds is 5. The molecule has 0 spiro atoms. The average Bonchev–Trinajstić information content (AvgIpc) is 2.77. The molecule has 106 valence electrons. The molecule has 0 aliphatic carbocycles. The lowest BCUT2D eigenvalue weighted by molar-refractivity contribution is 0.0521. The Balaban J connectivity index is 2.35. The highest BCUT2D eigenvalue weighted by Gasteiger charge is 2.20. The van der Waals surface area contributed by atoms with Gasteiger partial charge in [0.1, 0.15) is 11.6 Å². The van der Waals surface area contributed by atoms with Crippen molar-refractivity contribution in [3.05, 3.63) is 41.6 Å². The van der Waals surface area contributed by atoms with Crippen LogP contribution in [0.2, 0.25) is 0 Å². The van der Waals surface area contributed by atoms with Crippen molar-refractivity contribution in [1.82, 2.24) is 14.5 Å². The highest BCUT2D eigenvalue weighted by molar-refractivity contribution is 5.92. The van der Waals surface area contributed by atoms with E-state index in [0.717, 1.165) is 11.4 Å². The molecule has 0 aliphatic rings. The Morgan fingerprint density at radius 1 is 1.35 bits per heavy atom. The number of anilines is 1. The first-order chi connectivity index (χ1) is 9.67. The molecule has 2 aromatic rings. The van der Waals surface area contributed by atoms with Crippen LogP contribution in [0, 0.1) is 0 Å². The molecular weight excluding hydrogens is 256 g/mol. The number of aryl methyl sites for hydroxylation is 1. The highest BCUT2D eigenvalue weighted by Crippen LogP contribution is 2.18. The number of nitrogen functional groups attached to an aromatic ring is 1. The molecule has 0 amide bonds. The van der Waals surface area contributed by atoms with Gasteiger partial charge < -0.3 is 15.0 Å². The number of hydrogen-bond acceptors (Lipinski definition) is 5. The number of ether oxygens (including phenoxy) is 1. The van der Waals surface area contributed by atoms with Gasteiger partial charge in [-0.15, -0.1) is 0 Å². The van der Waals surface area contributed by atoms with Crippen molar-refractivity contribution >= 4 is 11.8 Å². The highest BCUT2D eigenvalue weighted by atomic mass is 16.5. The molecule has 20 heavy (non-hydrogen) atoms. The van der Waals surface area contributed by atoms with Crippen molar-refractivity contribution in [2.24, 2.45) is 0 Å². The second kappa shape index (κ2) is 6.18. The van der Waals surface area contributed by atoms with Gasteiger partial charge in [-0.1, -0.05) is 6.92 Å². The van der Waals surface area contributed by atoms with Crippen molar-refractivity contribution < 1.29 is 9.53 Å². The topological polar surface area (TPSA) is 83.0 Å². The number of aromatic nitrogens is 3. The summed E-state index contributed by atoms with van der Waals surface area (Å²) in [6.45, 7) is 4.59. The molecule has 6 heteroatoms. The predicted molar refractivity (Wildman–Crippen MR) is 75.3 cm³/mol. The fourth-order valence-electron chi connectivity index (χ4n) is 1.98. The van der Waals surface area contributed by atoms with Crippen LogP contribution in [0.5, 0.6) is 0 Å². The van der Waals surface area contributed by atoms with Gasteiger partial charge in [-0.3, -0.25) is 4.98 Å². The summed E-state index contributed by atoms with van der Waals surface area (Å²) in [6.07, 6.45) is 4.13. The zero-order valence-electron chi connectivity index (χ0n) is 11.7. The number of hydrogen-bond donors (Lipinski definition) is 1. The maximum Gasteiger partial charge on any atom is 0.360 e. The van der Waals surface area contributed by atoms with Crippen molar-refractivity contribution in [3.8, 4) is 0 Å². The molecule has 0 saturated heterocycles.